The Labute approximate surface area is 201 Å². The standard InChI is InChI=1S/C22H20ClN5O5S/c23-19-2-1-17(20(29)13-19)5-12-34(32,33)28-10-8-26(9-11-28)22(30)21-24-14-18(15-25-21)16-3-6-27(31)7-4-16/h1-7,12-15,29H,8-11H2. The molecule has 3 heterocycles. The number of hydrogen-bond acceptors (Lipinski definition) is 7. The first-order valence-corrected chi connectivity index (χ1v) is 12.1. The number of aromatic nitrogens is 3. The van der Waals surface area contributed by atoms with E-state index in [9.17, 15) is 23.5 Å². The van der Waals surface area contributed by atoms with Crippen LogP contribution in [0.1, 0.15) is 16.2 Å². The van der Waals surface area contributed by atoms with Crippen molar-refractivity contribution in [3.8, 4) is 16.9 Å². The molecule has 1 N–H and O–H groups in total. The highest BCUT2D eigenvalue weighted by molar-refractivity contribution is 7.92. The average molecular weight is 502 g/mol. The van der Waals surface area contributed by atoms with E-state index in [4.69, 9.17) is 11.6 Å². The maximum absolute atomic E-state index is 12.8. The molecule has 0 saturated carbocycles. The summed E-state index contributed by atoms with van der Waals surface area (Å²) in [4.78, 5) is 22.5. The molecule has 1 aliphatic rings. The maximum Gasteiger partial charge on any atom is 0.291 e. The van der Waals surface area contributed by atoms with Crippen molar-refractivity contribution in [1.29, 1.82) is 0 Å². The third kappa shape index (κ3) is 5.33. The summed E-state index contributed by atoms with van der Waals surface area (Å²) in [6.07, 6.45) is 7.02. The van der Waals surface area contributed by atoms with Crippen LogP contribution in [0.25, 0.3) is 17.2 Å². The smallest absolute Gasteiger partial charge is 0.291 e. The van der Waals surface area contributed by atoms with Crippen LogP contribution < -0.4 is 4.73 Å². The fraction of sp³-hybridized carbons (Fsp3) is 0.182. The van der Waals surface area contributed by atoms with Crippen molar-refractivity contribution < 1.29 is 23.0 Å². The molecule has 1 aromatic carbocycles. The quantitative estimate of drug-likeness (QED) is 0.417. The Balaban J connectivity index is 1.37. The summed E-state index contributed by atoms with van der Waals surface area (Å²) >= 11 is 5.79. The average Bonchev–Trinajstić information content (AvgIpc) is 2.84. The molecule has 1 fully saturated rings. The lowest BCUT2D eigenvalue weighted by Crippen LogP contribution is -2.50. The molecule has 10 nitrogen and oxygen atoms in total. The van der Waals surface area contributed by atoms with Gasteiger partial charge in [0.1, 0.15) is 5.75 Å². The minimum atomic E-state index is -3.75. The minimum Gasteiger partial charge on any atom is -0.619 e. The van der Waals surface area contributed by atoms with Crippen LogP contribution in [0.2, 0.25) is 5.02 Å². The predicted molar refractivity (Wildman–Crippen MR) is 125 cm³/mol. The lowest BCUT2D eigenvalue weighted by atomic mass is 10.1. The van der Waals surface area contributed by atoms with E-state index in [2.05, 4.69) is 9.97 Å². The molecule has 0 spiro atoms. The van der Waals surface area contributed by atoms with E-state index in [0.717, 1.165) is 11.0 Å². The highest BCUT2D eigenvalue weighted by Crippen LogP contribution is 2.24. The number of benzene rings is 1. The highest BCUT2D eigenvalue weighted by atomic mass is 35.5. The van der Waals surface area contributed by atoms with Crippen LogP contribution in [0, 0.1) is 5.21 Å². The Morgan fingerprint density at radius 2 is 1.71 bits per heavy atom. The molecular formula is C22H20ClN5O5S. The van der Waals surface area contributed by atoms with E-state index in [1.165, 1.54) is 52.2 Å². The molecule has 0 radical (unpaired) electrons. The molecule has 0 unspecified atom stereocenters. The molecule has 1 aliphatic heterocycles. The number of rotatable bonds is 5. The summed E-state index contributed by atoms with van der Waals surface area (Å²) in [6.45, 7) is 0.599. The number of halogens is 1. The Morgan fingerprint density at radius 3 is 2.32 bits per heavy atom. The van der Waals surface area contributed by atoms with Crippen LogP contribution in [0.4, 0.5) is 0 Å². The van der Waals surface area contributed by atoms with Gasteiger partial charge in [0.15, 0.2) is 12.4 Å². The van der Waals surface area contributed by atoms with E-state index >= 15 is 0 Å². The lowest BCUT2D eigenvalue weighted by Gasteiger charge is -2.32. The zero-order valence-corrected chi connectivity index (χ0v) is 19.4. The van der Waals surface area contributed by atoms with Crippen LogP contribution >= 0.6 is 11.6 Å². The van der Waals surface area contributed by atoms with Gasteiger partial charge >= 0.3 is 0 Å². The first kappa shape index (κ1) is 23.6. The van der Waals surface area contributed by atoms with Gasteiger partial charge in [0.2, 0.25) is 15.8 Å². The largest absolute Gasteiger partial charge is 0.619 e. The van der Waals surface area contributed by atoms with Gasteiger partial charge in [-0.1, -0.05) is 11.6 Å². The molecule has 34 heavy (non-hydrogen) atoms. The topological polar surface area (TPSA) is 131 Å². The lowest BCUT2D eigenvalue weighted by molar-refractivity contribution is -0.605. The van der Waals surface area contributed by atoms with Gasteiger partial charge in [0.25, 0.3) is 5.91 Å². The number of phenols is 1. The summed E-state index contributed by atoms with van der Waals surface area (Å²) in [5.41, 5.74) is 1.72. The van der Waals surface area contributed by atoms with Crippen molar-refractivity contribution in [2.75, 3.05) is 26.2 Å². The molecule has 0 atom stereocenters. The molecule has 2 aromatic heterocycles. The molecule has 176 valence electrons. The summed E-state index contributed by atoms with van der Waals surface area (Å²) in [5, 5.41) is 22.4. The molecule has 4 rings (SSSR count). The monoisotopic (exact) mass is 501 g/mol. The molecule has 3 aromatic rings. The summed E-state index contributed by atoms with van der Waals surface area (Å²) in [7, 11) is -3.75. The number of hydrogen-bond donors (Lipinski definition) is 1. The number of carbonyl (C=O) groups excluding carboxylic acids is 1. The minimum absolute atomic E-state index is 0.00739. The van der Waals surface area contributed by atoms with Crippen molar-refractivity contribution in [1.82, 2.24) is 19.2 Å². The van der Waals surface area contributed by atoms with E-state index in [0.29, 0.717) is 20.9 Å². The Hall–Kier alpha value is -3.54. The summed E-state index contributed by atoms with van der Waals surface area (Å²) < 4.78 is 27.3. The second kappa shape index (κ2) is 9.75. The van der Waals surface area contributed by atoms with E-state index in [1.807, 2.05) is 0 Å². The van der Waals surface area contributed by atoms with Crippen LogP contribution in [0.15, 0.2) is 60.5 Å². The predicted octanol–water partition coefficient (Wildman–Crippen LogP) is 1.89. The molecule has 0 aliphatic carbocycles. The Kier molecular flexibility index (Phi) is 6.77. The van der Waals surface area contributed by atoms with Crippen LogP contribution in [0.5, 0.6) is 5.75 Å². The number of nitrogens with zero attached hydrogens (tertiary/aromatic N) is 5. The number of sulfonamides is 1. The number of pyridine rings is 1. The van der Waals surface area contributed by atoms with Crippen molar-refractivity contribution >= 4 is 33.6 Å². The molecule has 1 saturated heterocycles. The number of phenolic OH excluding ortho intramolecular Hbond substituents is 1. The highest BCUT2D eigenvalue weighted by Gasteiger charge is 2.29. The third-order valence-corrected chi connectivity index (χ3v) is 7.08. The van der Waals surface area contributed by atoms with Gasteiger partial charge in [0, 0.05) is 72.3 Å². The van der Waals surface area contributed by atoms with Crippen LogP contribution in [-0.2, 0) is 10.0 Å². The SMILES string of the molecule is O=C(c1ncc(-c2cc[n+]([O-])cc2)cn1)N1CCN(S(=O)(=O)C=Cc2ccc(Cl)cc2O)CC1. The number of aromatic hydroxyl groups is 1. The fourth-order valence-corrected chi connectivity index (χ4v) is 4.71. The zero-order valence-electron chi connectivity index (χ0n) is 17.8. The molecule has 0 bridgehead atoms. The fourth-order valence-electron chi connectivity index (χ4n) is 3.38. The van der Waals surface area contributed by atoms with Crippen molar-refractivity contribution in [2.24, 2.45) is 0 Å². The van der Waals surface area contributed by atoms with Gasteiger partial charge in [-0.05, 0) is 29.8 Å². The third-order valence-electron chi connectivity index (χ3n) is 5.28. The maximum atomic E-state index is 12.8. The number of piperazine rings is 1. The Bertz CT molecular complexity index is 1320. The van der Waals surface area contributed by atoms with Crippen molar-refractivity contribution in [2.45, 2.75) is 0 Å². The second-order valence-corrected chi connectivity index (χ2v) is 9.74. The van der Waals surface area contributed by atoms with Gasteiger partial charge in [0.05, 0.1) is 0 Å². The van der Waals surface area contributed by atoms with Crippen molar-refractivity contribution in [3.63, 3.8) is 0 Å². The van der Waals surface area contributed by atoms with Gasteiger partial charge in [-0.15, -0.1) is 0 Å². The van der Waals surface area contributed by atoms with Crippen molar-refractivity contribution in [3.05, 3.63) is 82.1 Å². The second-order valence-electron chi connectivity index (χ2n) is 7.48. The van der Waals surface area contributed by atoms with Gasteiger partial charge in [-0.3, -0.25) is 4.79 Å². The molecule has 1 amide bonds. The van der Waals surface area contributed by atoms with Gasteiger partial charge in [-0.25, -0.2) is 18.4 Å². The van der Waals surface area contributed by atoms with Gasteiger partial charge < -0.3 is 15.2 Å². The summed E-state index contributed by atoms with van der Waals surface area (Å²) in [5.74, 6) is -0.509. The van der Waals surface area contributed by atoms with Crippen LogP contribution in [-0.4, -0.2) is 64.8 Å². The first-order valence-electron chi connectivity index (χ1n) is 10.2. The summed E-state index contributed by atoms with van der Waals surface area (Å²) in [6, 6.07) is 7.64. The Morgan fingerprint density at radius 1 is 1.06 bits per heavy atom. The normalized spacial score (nSPS) is 15.0. The number of carbonyl (C=O) groups is 1. The van der Waals surface area contributed by atoms with E-state index in [-0.39, 0.29) is 37.8 Å². The number of amides is 1. The molecule has 12 heteroatoms. The first-order chi connectivity index (χ1) is 16.2. The van der Waals surface area contributed by atoms with Gasteiger partial charge in [-0.2, -0.15) is 9.04 Å². The molecular weight excluding hydrogens is 482 g/mol. The zero-order chi connectivity index (χ0) is 24.3. The van der Waals surface area contributed by atoms with E-state index < -0.39 is 15.9 Å². The van der Waals surface area contributed by atoms with Crippen LogP contribution in [0.3, 0.4) is 0 Å². The van der Waals surface area contributed by atoms with E-state index in [1.54, 1.807) is 18.2 Å².